The number of piperazine rings is 1. The second kappa shape index (κ2) is 8.83. The highest BCUT2D eigenvalue weighted by Crippen LogP contribution is 2.22. The Balaban J connectivity index is 1.54. The molecule has 4 rings (SSSR count). The number of carbonyl (C=O) groups excluding carboxylic acids is 1. The van der Waals surface area contributed by atoms with Gasteiger partial charge in [-0.15, -0.1) is 0 Å². The third kappa shape index (κ3) is 4.31. The number of nitrogens with zero attached hydrogens (tertiary/aromatic N) is 5. The van der Waals surface area contributed by atoms with Crippen LogP contribution in [0.2, 0.25) is 0 Å². The van der Waals surface area contributed by atoms with Crippen molar-refractivity contribution in [3.8, 4) is 5.69 Å². The van der Waals surface area contributed by atoms with Gasteiger partial charge in [-0.3, -0.25) is 9.47 Å². The van der Waals surface area contributed by atoms with E-state index in [-0.39, 0.29) is 12.1 Å². The second-order valence-corrected chi connectivity index (χ2v) is 8.10. The van der Waals surface area contributed by atoms with Crippen molar-refractivity contribution in [2.24, 2.45) is 0 Å². The Labute approximate surface area is 177 Å². The van der Waals surface area contributed by atoms with Crippen molar-refractivity contribution in [3.63, 3.8) is 0 Å². The molecule has 158 valence electrons. The topological polar surface area (TPSA) is 66.3 Å². The van der Waals surface area contributed by atoms with Gasteiger partial charge >= 0.3 is 6.03 Å². The van der Waals surface area contributed by atoms with Crippen molar-refractivity contribution >= 4 is 17.2 Å². The van der Waals surface area contributed by atoms with Crippen LogP contribution in [0, 0.1) is 0 Å². The molecule has 30 heavy (non-hydrogen) atoms. The monoisotopic (exact) mass is 406 g/mol. The number of urea groups is 1. The summed E-state index contributed by atoms with van der Waals surface area (Å²) in [6.45, 7) is 9.97. The first-order valence-electron chi connectivity index (χ1n) is 10.7. The Kier molecular flexibility index (Phi) is 5.99. The molecule has 1 aliphatic heterocycles. The lowest BCUT2D eigenvalue weighted by atomic mass is 10.1. The molecular formula is C23H30N6O. The molecule has 0 spiro atoms. The summed E-state index contributed by atoms with van der Waals surface area (Å²) in [5, 5.41) is 2.98. The molecule has 1 saturated heterocycles. The highest BCUT2D eigenvalue weighted by atomic mass is 16.2. The first-order valence-corrected chi connectivity index (χ1v) is 10.7. The van der Waals surface area contributed by atoms with Gasteiger partial charge in [0.1, 0.15) is 11.3 Å². The number of hydrogen-bond donors (Lipinski definition) is 1. The van der Waals surface area contributed by atoms with Crippen LogP contribution < -0.4 is 5.32 Å². The van der Waals surface area contributed by atoms with Crippen LogP contribution in [-0.2, 0) is 13.0 Å². The SMILES string of the molecule is CCc1ccc(-n2c(CN3CCN(C(=O)NC(C)C)CC3)nc3cccnc32)cc1. The number of amides is 2. The molecule has 2 amide bonds. The van der Waals surface area contributed by atoms with Gasteiger partial charge in [0.15, 0.2) is 5.65 Å². The summed E-state index contributed by atoms with van der Waals surface area (Å²) in [6.07, 6.45) is 2.83. The van der Waals surface area contributed by atoms with Crippen LogP contribution in [-0.4, -0.2) is 62.6 Å². The minimum absolute atomic E-state index is 0.0251. The highest BCUT2D eigenvalue weighted by molar-refractivity contribution is 5.75. The quantitative estimate of drug-likeness (QED) is 0.707. The van der Waals surface area contributed by atoms with E-state index in [0.717, 1.165) is 61.8 Å². The van der Waals surface area contributed by atoms with Crippen LogP contribution in [0.3, 0.4) is 0 Å². The van der Waals surface area contributed by atoms with Gasteiger partial charge in [0.2, 0.25) is 0 Å². The zero-order valence-corrected chi connectivity index (χ0v) is 18.0. The van der Waals surface area contributed by atoms with Crippen LogP contribution >= 0.6 is 0 Å². The maximum atomic E-state index is 12.3. The summed E-state index contributed by atoms with van der Waals surface area (Å²) in [5.41, 5.74) is 4.18. The van der Waals surface area contributed by atoms with Crippen LogP contribution in [0.4, 0.5) is 4.79 Å². The lowest BCUT2D eigenvalue weighted by Crippen LogP contribution is -2.52. The molecule has 7 nitrogen and oxygen atoms in total. The van der Waals surface area contributed by atoms with Crippen molar-refractivity contribution in [2.75, 3.05) is 26.2 Å². The smallest absolute Gasteiger partial charge is 0.317 e. The normalized spacial score (nSPS) is 15.1. The summed E-state index contributed by atoms with van der Waals surface area (Å²) in [4.78, 5) is 26.0. The van der Waals surface area contributed by atoms with E-state index in [1.165, 1.54) is 5.56 Å². The first-order chi connectivity index (χ1) is 14.5. The molecule has 1 aromatic carbocycles. The van der Waals surface area contributed by atoms with Crippen molar-refractivity contribution in [2.45, 2.75) is 39.8 Å². The average Bonchev–Trinajstić information content (AvgIpc) is 3.11. The van der Waals surface area contributed by atoms with Gasteiger partial charge in [-0.05, 0) is 50.1 Å². The van der Waals surface area contributed by atoms with E-state index >= 15 is 0 Å². The molecule has 1 N–H and O–H groups in total. The number of hydrogen-bond acceptors (Lipinski definition) is 4. The Morgan fingerprint density at radius 2 is 1.83 bits per heavy atom. The molecule has 1 fully saturated rings. The maximum Gasteiger partial charge on any atom is 0.317 e. The maximum absolute atomic E-state index is 12.3. The van der Waals surface area contributed by atoms with Gasteiger partial charge in [-0.1, -0.05) is 19.1 Å². The summed E-state index contributed by atoms with van der Waals surface area (Å²) in [6, 6.07) is 12.7. The number of pyridine rings is 1. The minimum Gasteiger partial charge on any atom is -0.336 e. The van der Waals surface area contributed by atoms with Crippen molar-refractivity contribution < 1.29 is 4.79 Å². The molecule has 7 heteroatoms. The largest absolute Gasteiger partial charge is 0.336 e. The van der Waals surface area contributed by atoms with Gasteiger partial charge in [0.25, 0.3) is 0 Å². The molecule has 0 radical (unpaired) electrons. The lowest BCUT2D eigenvalue weighted by Gasteiger charge is -2.34. The van der Waals surface area contributed by atoms with Gasteiger partial charge in [0, 0.05) is 44.1 Å². The fourth-order valence-electron chi connectivity index (χ4n) is 3.86. The number of imidazole rings is 1. The number of carbonyl (C=O) groups is 1. The van der Waals surface area contributed by atoms with E-state index in [9.17, 15) is 4.79 Å². The summed E-state index contributed by atoms with van der Waals surface area (Å²) >= 11 is 0. The van der Waals surface area contributed by atoms with Crippen molar-refractivity contribution in [3.05, 3.63) is 54.0 Å². The predicted octanol–water partition coefficient (Wildman–Crippen LogP) is 3.22. The van der Waals surface area contributed by atoms with Gasteiger partial charge < -0.3 is 10.2 Å². The standard InChI is InChI=1S/C23H30N6O/c1-4-18-7-9-19(10-8-18)29-21(26-20-6-5-11-24-22(20)29)16-27-12-14-28(15-13-27)23(30)25-17(2)3/h5-11,17H,4,12-16H2,1-3H3,(H,25,30). The summed E-state index contributed by atoms with van der Waals surface area (Å²) in [7, 11) is 0. The molecule has 1 aliphatic rings. The van der Waals surface area contributed by atoms with Crippen LogP contribution in [0.15, 0.2) is 42.6 Å². The molecule has 0 aliphatic carbocycles. The van der Waals surface area contributed by atoms with E-state index in [1.54, 1.807) is 0 Å². The fourth-order valence-corrected chi connectivity index (χ4v) is 3.86. The lowest BCUT2D eigenvalue weighted by molar-refractivity contribution is 0.132. The Bertz CT molecular complexity index is 1000. The summed E-state index contributed by atoms with van der Waals surface area (Å²) < 4.78 is 2.16. The minimum atomic E-state index is 0.0251. The van der Waals surface area contributed by atoms with Gasteiger partial charge in [0.05, 0.1) is 6.54 Å². The third-order valence-electron chi connectivity index (χ3n) is 5.52. The predicted molar refractivity (Wildman–Crippen MR) is 119 cm³/mol. The van der Waals surface area contributed by atoms with Crippen LogP contribution in [0.25, 0.3) is 16.9 Å². The first kappa shape index (κ1) is 20.3. The number of aryl methyl sites for hydroxylation is 1. The van der Waals surface area contributed by atoms with E-state index in [0.29, 0.717) is 0 Å². The molecule has 0 saturated carbocycles. The Morgan fingerprint density at radius 3 is 2.50 bits per heavy atom. The number of nitrogens with one attached hydrogen (secondary N) is 1. The van der Waals surface area contributed by atoms with Gasteiger partial charge in [-0.25, -0.2) is 14.8 Å². The molecule has 0 bridgehead atoms. The fraction of sp³-hybridized carbons (Fsp3) is 0.435. The van der Waals surface area contributed by atoms with Crippen LogP contribution in [0.5, 0.6) is 0 Å². The zero-order valence-electron chi connectivity index (χ0n) is 18.0. The average molecular weight is 407 g/mol. The number of benzene rings is 1. The Hall–Kier alpha value is -2.93. The Morgan fingerprint density at radius 1 is 1.10 bits per heavy atom. The van der Waals surface area contributed by atoms with E-state index in [2.05, 4.69) is 51.0 Å². The number of rotatable bonds is 5. The number of aromatic nitrogens is 3. The van der Waals surface area contributed by atoms with E-state index in [1.807, 2.05) is 37.1 Å². The summed E-state index contributed by atoms with van der Waals surface area (Å²) in [5.74, 6) is 0.980. The molecule has 3 aromatic rings. The van der Waals surface area contributed by atoms with E-state index < -0.39 is 0 Å². The molecule has 0 atom stereocenters. The molecule has 0 unspecified atom stereocenters. The zero-order chi connectivity index (χ0) is 21.1. The van der Waals surface area contributed by atoms with Crippen molar-refractivity contribution in [1.82, 2.24) is 29.7 Å². The second-order valence-electron chi connectivity index (χ2n) is 8.10. The molecule has 2 aromatic heterocycles. The number of fused-ring (bicyclic) bond motifs is 1. The molecule has 3 heterocycles. The van der Waals surface area contributed by atoms with Gasteiger partial charge in [-0.2, -0.15) is 0 Å². The third-order valence-corrected chi connectivity index (χ3v) is 5.52. The highest BCUT2D eigenvalue weighted by Gasteiger charge is 2.23. The van der Waals surface area contributed by atoms with Crippen LogP contribution in [0.1, 0.15) is 32.2 Å². The van der Waals surface area contributed by atoms with E-state index in [4.69, 9.17) is 4.98 Å². The van der Waals surface area contributed by atoms with Crippen molar-refractivity contribution in [1.29, 1.82) is 0 Å². The molecular weight excluding hydrogens is 376 g/mol.